The largest absolute Gasteiger partial charge is 0.398 e. The molecule has 0 saturated carbocycles. The van der Waals surface area contributed by atoms with Crippen LogP contribution in [0.5, 0.6) is 0 Å². The van der Waals surface area contributed by atoms with Crippen molar-refractivity contribution in [2.24, 2.45) is 0 Å². The Bertz CT molecular complexity index is 1060. The van der Waals surface area contributed by atoms with E-state index in [4.69, 9.17) is 17.3 Å². The van der Waals surface area contributed by atoms with Crippen molar-refractivity contribution >= 4 is 40.0 Å². The molecule has 0 spiro atoms. The molecule has 0 fully saturated rings. The molecule has 6 heteroatoms. The molecule has 2 N–H and O–H groups in total. The molecule has 5 nitrogen and oxygen atoms in total. The molecule has 3 aromatic rings. The van der Waals surface area contributed by atoms with Gasteiger partial charge in [-0.3, -0.25) is 14.5 Å². The van der Waals surface area contributed by atoms with E-state index in [-0.39, 0.29) is 17.9 Å². The van der Waals surface area contributed by atoms with E-state index < -0.39 is 0 Å². The van der Waals surface area contributed by atoms with Crippen molar-refractivity contribution in [1.29, 1.82) is 0 Å². The Balaban J connectivity index is 1.48. The van der Waals surface area contributed by atoms with Gasteiger partial charge in [0.05, 0.1) is 22.2 Å². The van der Waals surface area contributed by atoms with Crippen molar-refractivity contribution in [3.05, 3.63) is 70.9 Å². The van der Waals surface area contributed by atoms with Crippen molar-refractivity contribution in [3.63, 3.8) is 0 Å². The lowest BCUT2D eigenvalue weighted by Gasteiger charge is -2.15. The number of nitrogens with two attached hydrogens (primary N) is 1. The van der Waals surface area contributed by atoms with E-state index in [1.807, 2.05) is 30.5 Å². The van der Waals surface area contributed by atoms with Crippen LogP contribution in [0.2, 0.25) is 5.02 Å². The number of anilines is 1. The van der Waals surface area contributed by atoms with E-state index >= 15 is 0 Å². The highest BCUT2D eigenvalue weighted by molar-refractivity contribution is 6.31. The maximum absolute atomic E-state index is 12.5. The number of carbonyl (C=O) groups is 2. The number of benzene rings is 2. The summed E-state index contributed by atoms with van der Waals surface area (Å²) >= 11 is 6.18. The average molecular weight is 395 g/mol. The van der Waals surface area contributed by atoms with Gasteiger partial charge in [-0.1, -0.05) is 23.7 Å². The van der Waals surface area contributed by atoms with Gasteiger partial charge in [0, 0.05) is 30.1 Å². The van der Waals surface area contributed by atoms with Crippen LogP contribution in [0.25, 0.3) is 10.9 Å². The molecular weight excluding hydrogens is 374 g/mol. The molecule has 1 atom stereocenters. The average Bonchev–Trinajstić information content (AvgIpc) is 2.93. The fourth-order valence-electron chi connectivity index (χ4n) is 3.80. The smallest absolute Gasteiger partial charge is 0.261 e. The molecule has 0 aliphatic carbocycles. The van der Waals surface area contributed by atoms with Gasteiger partial charge in [0.2, 0.25) is 5.52 Å². The zero-order chi connectivity index (χ0) is 19.8. The summed E-state index contributed by atoms with van der Waals surface area (Å²) in [5.74, 6) is -0.406. The highest BCUT2D eigenvalue weighted by atomic mass is 35.5. The number of rotatable bonds is 5. The van der Waals surface area contributed by atoms with Gasteiger partial charge in [-0.2, -0.15) is 4.57 Å². The number of imide groups is 1. The number of amides is 2. The Morgan fingerprint density at radius 1 is 1.07 bits per heavy atom. The maximum atomic E-state index is 12.5. The summed E-state index contributed by atoms with van der Waals surface area (Å²) in [6.07, 6.45) is 3.48. The Hall–Kier alpha value is -2.92. The zero-order valence-corrected chi connectivity index (χ0v) is 16.3. The lowest BCUT2D eigenvalue weighted by molar-refractivity contribution is -0.695. The fraction of sp³-hybridized carbons (Fsp3) is 0.227. The fourth-order valence-corrected chi connectivity index (χ4v) is 3.97. The highest BCUT2D eigenvalue weighted by Gasteiger charge is 2.34. The van der Waals surface area contributed by atoms with Crippen molar-refractivity contribution < 1.29 is 14.2 Å². The lowest BCUT2D eigenvalue weighted by atomic mass is 10.1. The number of pyridine rings is 1. The van der Waals surface area contributed by atoms with Crippen LogP contribution in [0.15, 0.2) is 54.7 Å². The summed E-state index contributed by atoms with van der Waals surface area (Å²) in [7, 11) is 0. The predicted molar refractivity (Wildman–Crippen MR) is 109 cm³/mol. The van der Waals surface area contributed by atoms with E-state index in [0.717, 1.165) is 17.3 Å². The minimum absolute atomic E-state index is 0.164. The van der Waals surface area contributed by atoms with Crippen LogP contribution in [-0.2, 0) is 0 Å². The first kappa shape index (κ1) is 18.4. The van der Waals surface area contributed by atoms with Crippen LogP contribution >= 0.6 is 11.6 Å². The molecule has 2 heterocycles. The van der Waals surface area contributed by atoms with E-state index in [0.29, 0.717) is 34.8 Å². The topological polar surface area (TPSA) is 67.3 Å². The van der Waals surface area contributed by atoms with Crippen LogP contribution in [0.3, 0.4) is 0 Å². The minimum atomic E-state index is -0.203. The van der Waals surface area contributed by atoms with Gasteiger partial charge in [0.1, 0.15) is 0 Å². The van der Waals surface area contributed by atoms with Gasteiger partial charge in [-0.15, -0.1) is 0 Å². The third kappa shape index (κ3) is 3.12. The van der Waals surface area contributed by atoms with E-state index in [1.54, 1.807) is 24.3 Å². The number of aromatic nitrogens is 1. The molecule has 1 aliphatic rings. The second-order valence-corrected chi connectivity index (χ2v) is 7.58. The van der Waals surface area contributed by atoms with Crippen molar-refractivity contribution in [2.45, 2.75) is 25.8 Å². The Labute approximate surface area is 168 Å². The van der Waals surface area contributed by atoms with Crippen molar-refractivity contribution in [1.82, 2.24) is 4.90 Å². The summed E-state index contributed by atoms with van der Waals surface area (Å²) < 4.78 is 2.14. The predicted octanol–water partition coefficient (Wildman–Crippen LogP) is 4.00. The van der Waals surface area contributed by atoms with E-state index in [2.05, 4.69) is 11.5 Å². The number of nitrogens with zero attached hydrogens (tertiary/aromatic N) is 2. The van der Waals surface area contributed by atoms with Crippen LogP contribution < -0.4 is 10.3 Å². The molecule has 142 valence electrons. The van der Waals surface area contributed by atoms with E-state index in [9.17, 15) is 9.59 Å². The molecular formula is C22H21ClN3O2+. The molecule has 0 radical (unpaired) electrons. The number of halogens is 1. The summed E-state index contributed by atoms with van der Waals surface area (Å²) in [6, 6.07) is 14.7. The summed E-state index contributed by atoms with van der Waals surface area (Å²) in [5, 5.41) is 1.61. The third-order valence-corrected chi connectivity index (χ3v) is 5.56. The Kier molecular flexibility index (Phi) is 4.77. The molecule has 1 aliphatic heterocycles. The normalized spacial score (nSPS) is 14.6. The summed E-state index contributed by atoms with van der Waals surface area (Å²) in [6.45, 7) is 2.52. The molecule has 0 saturated heterocycles. The maximum Gasteiger partial charge on any atom is 0.261 e. The third-order valence-electron chi connectivity index (χ3n) is 5.32. The molecule has 1 unspecified atom stereocenters. The number of hydrogen-bond donors (Lipinski definition) is 1. The second-order valence-electron chi connectivity index (χ2n) is 7.14. The van der Waals surface area contributed by atoms with Gasteiger partial charge in [0.25, 0.3) is 11.8 Å². The first-order chi connectivity index (χ1) is 13.5. The Morgan fingerprint density at radius 3 is 2.43 bits per heavy atom. The van der Waals surface area contributed by atoms with Crippen molar-refractivity contribution in [3.8, 4) is 0 Å². The standard InChI is InChI=1S/C22H20ClN3O2/c1-14(25-12-10-19(24)18-9-8-15(23)13-20(18)25)5-4-11-26-21(27)16-6-2-3-7-17(16)22(26)28/h2-3,6-10,12-14,24H,4-5,11H2,1H3/p+1. The number of fused-ring (bicyclic) bond motifs is 2. The van der Waals surface area contributed by atoms with Gasteiger partial charge >= 0.3 is 0 Å². The SMILES string of the molecule is CC(CCCN1C(=O)c2ccccc2C1=O)[n+]1ccc(N)c2ccc(Cl)cc21. The quantitative estimate of drug-likeness (QED) is 0.525. The summed E-state index contributed by atoms with van der Waals surface area (Å²) in [5.41, 5.74) is 8.76. The number of carbonyl (C=O) groups excluding carboxylic acids is 2. The zero-order valence-electron chi connectivity index (χ0n) is 15.6. The number of hydrogen-bond acceptors (Lipinski definition) is 3. The highest BCUT2D eigenvalue weighted by Crippen LogP contribution is 2.25. The summed E-state index contributed by atoms with van der Waals surface area (Å²) in [4.78, 5) is 26.3. The van der Waals surface area contributed by atoms with E-state index in [1.165, 1.54) is 4.90 Å². The van der Waals surface area contributed by atoms with Crippen LogP contribution in [-0.4, -0.2) is 23.3 Å². The monoisotopic (exact) mass is 394 g/mol. The first-order valence-corrected chi connectivity index (χ1v) is 9.69. The van der Waals surface area contributed by atoms with Gasteiger partial charge in [-0.25, -0.2) is 0 Å². The minimum Gasteiger partial charge on any atom is -0.398 e. The number of nitrogen functional groups attached to an aromatic ring is 1. The van der Waals surface area contributed by atoms with Gasteiger partial charge in [0.15, 0.2) is 12.2 Å². The Morgan fingerprint density at radius 2 is 1.75 bits per heavy atom. The van der Waals surface area contributed by atoms with Crippen LogP contribution in [0.1, 0.15) is 46.5 Å². The van der Waals surface area contributed by atoms with Gasteiger partial charge in [-0.05, 0) is 37.6 Å². The molecule has 28 heavy (non-hydrogen) atoms. The molecule has 0 bridgehead atoms. The van der Waals surface area contributed by atoms with Crippen LogP contribution in [0.4, 0.5) is 5.69 Å². The molecule has 2 aromatic carbocycles. The first-order valence-electron chi connectivity index (χ1n) is 9.31. The van der Waals surface area contributed by atoms with Crippen molar-refractivity contribution in [2.75, 3.05) is 12.3 Å². The molecule has 2 amide bonds. The second kappa shape index (κ2) is 7.24. The van der Waals surface area contributed by atoms with Crippen LogP contribution in [0, 0.1) is 0 Å². The molecule has 1 aromatic heterocycles. The van der Waals surface area contributed by atoms with Gasteiger partial charge < -0.3 is 5.73 Å². The molecule has 4 rings (SSSR count). The lowest BCUT2D eigenvalue weighted by Crippen LogP contribution is -2.39.